The van der Waals surface area contributed by atoms with Crippen molar-refractivity contribution in [2.75, 3.05) is 0 Å². The summed E-state index contributed by atoms with van der Waals surface area (Å²) in [5.74, 6) is -0.653. The molecule has 1 rings (SSSR count). The van der Waals surface area contributed by atoms with Crippen LogP contribution in [-0.2, 0) is 0 Å². The zero-order valence-electron chi connectivity index (χ0n) is 5.62. The molecule has 0 aliphatic carbocycles. The third-order valence-corrected chi connectivity index (χ3v) is 1.03. The lowest BCUT2D eigenvalue weighted by molar-refractivity contribution is -0.0645. The van der Waals surface area contributed by atoms with Gasteiger partial charge in [-0.2, -0.15) is 27.3 Å². The van der Waals surface area contributed by atoms with E-state index < -0.39 is 19.0 Å². The van der Waals surface area contributed by atoms with E-state index in [0.717, 1.165) is 12.3 Å². The predicted octanol–water partition coefficient (Wildman–Crippen LogP) is 1.88. The number of alkyl halides is 4. The molecule has 3 nitrogen and oxygen atoms in total. The average molecular weight is 184 g/mol. The molecule has 0 fully saturated rings. The minimum absolute atomic E-state index is 0.0617. The van der Waals surface area contributed by atoms with Gasteiger partial charge < -0.3 is 4.74 Å². The van der Waals surface area contributed by atoms with Crippen molar-refractivity contribution >= 4 is 0 Å². The summed E-state index contributed by atoms with van der Waals surface area (Å²) in [6.07, 6.45) is 0.948. The largest absolute Gasteiger partial charge is 0.417 e. The van der Waals surface area contributed by atoms with Gasteiger partial charge in [0, 0.05) is 6.07 Å². The second kappa shape index (κ2) is 3.42. The van der Waals surface area contributed by atoms with Gasteiger partial charge in [-0.25, -0.2) is 0 Å². The Morgan fingerprint density at radius 3 is 2.50 bits per heavy atom. The summed E-state index contributed by atoms with van der Waals surface area (Å²) >= 11 is 0. The first kappa shape index (κ1) is 8.82. The summed E-state index contributed by atoms with van der Waals surface area (Å²) in [7, 11) is 0. The summed E-state index contributed by atoms with van der Waals surface area (Å²) in [6.45, 7) is -6.10. The van der Waals surface area contributed by atoms with Crippen molar-refractivity contribution in [2.24, 2.45) is 0 Å². The van der Waals surface area contributed by atoms with Crippen LogP contribution in [-0.4, -0.2) is 16.4 Å². The Morgan fingerprint density at radius 1 is 1.33 bits per heavy atom. The Bertz CT molecular complexity index is 249. The van der Waals surface area contributed by atoms with Gasteiger partial charge in [-0.05, 0) is 0 Å². The van der Waals surface area contributed by atoms with Crippen LogP contribution in [0.15, 0.2) is 12.3 Å². The van der Waals surface area contributed by atoms with Gasteiger partial charge in [-0.15, -0.1) is 0 Å². The lowest BCUT2D eigenvalue weighted by Gasteiger charge is -2.05. The fourth-order valence-corrected chi connectivity index (χ4v) is 0.633. The fraction of sp³-hybridized carbons (Fsp3) is 0.400. The molecule has 0 aliphatic rings. The minimum atomic E-state index is -3.13. The Kier molecular flexibility index (Phi) is 2.51. The molecule has 0 bridgehead atoms. The average Bonchev–Trinajstić information content (AvgIpc) is 2.33. The summed E-state index contributed by atoms with van der Waals surface area (Å²) in [5.41, 5.74) is 0. The minimum Gasteiger partial charge on any atom is -0.417 e. The van der Waals surface area contributed by atoms with E-state index >= 15 is 0 Å². The van der Waals surface area contributed by atoms with Crippen molar-refractivity contribution in [2.45, 2.75) is 13.2 Å². The molecule has 0 unspecified atom stereocenters. The molecule has 1 aromatic heterocycles. The monoisotopic (exact) mass is 184 g/mol. The van der Waals surface area contributed by atoms with Crippen molar-refractivity contribution in [3.8, 4) is 5.88 Å². The molecule has 68 valence electrons. The van der Waals surface area contributed by atoms with E-state index in [1.165, 1.54) is 0 Å². The quantitative estimate of drug-likeness (QED) is 0.670. The number of hydrogen-bond acceptors (Lipinski definition) is 2. The smallest absolute Gasteiger partial charge is 0.388 e. The van der Waals surface area contributed by atoms with E-state index in [-0.39, 0.29) is 4.68 Å². The van der Waals surface area contributed by atoms with Gasteiger partial charge in [0.05, 0.1) is 6.20 Å². The second-order valence-electron chi connectivity index (χ2n) is 1.77. The third kappa shape index (κ3) is 1.86. The van der Waals surface area contributed by atoms with Crippen molar-refractivity contribution in [1.82, 2.24) is 9.78 Å². The molecule has 0 saturated heterocycles. The summed E-state index contributed by atoms with van der Waals surface area (Å²) in [5, 5.41) is 3.08. The lowest BCUT2D eigenvalue weighted by atomic mass is 10.7. The molecule has 0 aromatic carbocycles. The first-order valence-corrected chi connectivity index (χ1v) is 2.87. The number of hydrogen-bond donors (Lipinski definition) is 0. The van der Waals surface area contributed by atoms with Crippen molar-refractivity contribution < 1.29 is 22.3 Å². The number of halogens is 4. The van der Waals surface area contributed by atoms with E-state index in [9.17, 15) is 17.6 Å². The molecule has 0 amide bonds. The number of rotatable bonds is 3. The first-order chi connectivity index (χ1) is 5.61. The van der Waals surface area contributed by atoms with Gasteiger partial charge >= 0.3 is 13.2 Å². The predicted molar refractivity (Wildman–Crippen MR) is 30.1 cm³/mol. The first-order valence-electron chi connectivity index (χ1n) is 2.87. The van der Waals surface area contributed by atoms with Crippen molar-refractivity contribution in [3.63, 3.8) is 0 Å². The van der Waals surface area contributed by atoms with Gasteiger partial charge in [0.15, 0.2) is 0 Å². The van der Waals surface area contributed by atoms with E-state index in [0.29, 0.717) is 0 Å². The summed E-state index contributed by atoms with van der Waals surface area (Å²) in [4.78, 5) is 0. The maximum Gasteiger partial charge on any atom is 0.388 e. The zero-order chi connectivity index (χ0) is 9.14. The van der Waals surface area contributed by atoms with Crippen LogP contribution in [0.1, 0.15) is 6.55 Å². The second-order valence-corrected chi connectivity index (χ2v) is 1.77. The molecule has 0 spiro atoms. The van der Waals surface area contributed by atoms with Crippen LogP contribution in [0.4, 0.5) is 17.6 Å². The van der Waals surface area contributed by atoms with Crippen LogP contribution in [0.3, 0.4) is 0 Å². The van der Waals surface area contributed by atoms with Crippen LogP contribution >= 0.6 is 0 Å². The highest BCUT2D eigenvalue weighted by atomic mass is 19.3. The van der Waals surface area contributed by atoms with E-state index in [2.05, 4.69) is 9.84 Å². The lowest BCUT2D eigenvalue weighted by Crippen LogP contribution is -2.09. The topological polar surface area (TPSA) is 27.1 Å². The van der Waals surface area contributed by atoms with Crippen molar-refractivity contribution in [1.29, 1.82) is 0 Å². The summed E-state index contributed by atoms with van der Waals surface area (Å²) in [6, 6.07) is 0.929. The van der Waals surface area contributed by atoms with Gasteiger partial charge in [-0.1, -0.05) is 0 Å². The Hall–Kier alpha value is -1.27. The molecule has 1 heterocycles. The Balaban J connectivity index is 2.77. The molecule has 0 N–H and O–H groups in total. The normalized spacial score (nSPS) is 11.2. The SMILES string of the molecule is FC(F)Oc1ccnn1C(F)F. The van der Waals surface area contributed by atoms with Crippen LogP contribution in [0.2, 0.25) is 0 Å². The van der Waals surface area contributed by atoms with Gasteiger partial charge in [0.2, 0.25) is 5.88 Å². The zero-order valence-corrected chi connectivity index (χ0v) is 5.62. The highest BCUT2D eigenvalue weighted by Crippen LogP contribution is 2.19. The maximum absolute atomic E-state index is 11.9. The van der Waals surface area contributed by atoms with E-state index in [1.54, 1.807) is 0 Å². The highest BCUT2D eigenvalue weighted by molar-refractivity contribution is 5.07. The standard InChI is InChI=1S/C5H4F4N2O/c6-4(7)11-3(1-2-10-11)12-5(8)9/h1-2,4-5H. The van der Waals surface area contributed by atoms with E-state index in [1.807, 2.05) is 0 Å². The molecule has 1 aromatic rings. The van der Waals surface area contributed by atoms with Crippen LogP contribution < -0.4 is 4.74 Å². The van der Waals surface area contributed by atoms with Gasteiger partial charge in [-0.3, -0.25) is 0 Å². The molecular formula is C5H4F4N2O. The summed E-state index contributed by atoms with van der Waals surface area (Å²) < 4.78 is 50.6. The molecule has 0 radical (unpaired) electrons. The molecule has 12 heavy (non-hydrogen) atoms. The molecule has 0 aliphatic heterocycles. The van der Waals surface area contributed by atoms with Crippen LogP contribution in [0.25, 0.3) is 0 Å². The fourth-order valence-electron chi connectivity index (χ4n) is 0.633. The molecular weight excluding hydrogens is 180 g/mol. The van der Waals surface area contributed by atoms with Crippen molar-refractivity contribution in [3.05, 3.63) is 12.3 Å². The number of aromatic nitrogens is 2. The number of ether oxygens (including phenoxy) is 1. The highest BCUT2D eigenvalue weighted by Gasteiger charge is 2.15. The third-order valence-electron chi connectivity index (χ3n) is 1.03. The molecule has 0 atom stereocenters. The number of nitrogens with zero attached hydrogens (tertiary/aromatic N) is 2. The van der Waals surface area contributed by atoms with Crippen LogP contribution in [0.5, 0.6) is 5.88 Å². The Labute approximate surface area is 64.5 Å². The Morgan fingerprint density at radius 2 is 2.00 bits per heavy atom. The van der Waals surface area contributed by atoms with Gasteiger partial charge in [0.25, 0.3) is 0 Å². The maximum atomic E-state index is 11.9. The van der Waals surface area contributed by atoms with Gasteiger partial charge in [0.1, 0.15) is 0 Å². The van der Waals surface area contributed by atoms with E-state index in [4.69, 9.17) is 0 Å². The molecule has 7 heteroatoms. The van der Waals surface area contributed by atoms with Crippen LogP contribution in [0, 0.1) is 0 Å². The molecule has 0 saturated carbocycles.